The Bertz CT molecular complexity index is 736. The molecule has 0 bridgehead atoms. The van der Waals surface area contributed by atoms with Gasteiger partial charge >= 0.3 is 5.97 Å². The van der Waals surface area contributed by atoms with Crippen LogP contribution < -0.4 is 0 Å². The van der Waals surface area contributed by atoms with Crippen molar-refractivity contribution in [3.63, 3.8) is 0 Å². The summed E-state index contributed by atoms with van der Waals surface area (Å²) in [6.45, 7) is 26.6. The molecule has 0 saturated carbocycles. The topological polar surface area (TPSA) is 43.4 Å². The van der Waals surface area contributed by atoms with Crippen molar-refractivity contribution >= 4 is 34.3 Å². The molecular formula is C28H48B3O3. The van der Waals surface area contributed by atoms with Crippen LogP contribution in [0.5, 0.6) is 0 Å². The summed E-state index contributed by atoms with van der Waals surface area (Å²) in [6.07, 6.45) is 6.22. The van der Waals surface area contributed by atoms with E-state index in [-0.39, 0.29) is 12.1 Å². The highest BCUT2D eigenvalue weighted by molar-refractivity contribution is 7.17. The van der Waals surface area contributed by atoms with Crippen LogP contribution in [0, 0.1) is 11.8 Å². The lowest BCUT2D eigenvalue weighted by Crippen LogP contribution is -2.04. The van der Waals surface area contributed by atoms with Gasteiger partial charge in [-0.05, 0) is 90.9 Å². The number of ketones is 1. The minimum absolute atomic E-state index is 0.00231. The van der Waals surface area contributed by atoms with Crippen LogP contribution >= 0.6 is 0 Å². The molecule has 0 aromatic heterocycles. The van der Waals surface area contributed by atoms with E-state index in [1.807, 2.05) is 27.7 Å². The van der Waals surface area contributed by atoms with E-state index in [0.717, 1.165) is 29.7 Å². The fraction of sp³-hybridized carbons (Fsp3) is 0.643. The fourth-order valence-corrected chi connectivity index (χ4v) is 2.44. The molecule has 0 spiro atoms. The van der Waals surface area contributed by atoms with Crippen LogP contribution in [0.15, 0.2) is 45.6 Å². The molecule has 1 aliphatic carbocycles. The van der Waals surface area contributed by atoms with E-state index in [1.54, 1.807) is 6.92 Å². The summed E-state index contributed by atoms with van der Waals surface area (Å²) in [4.78, 5) is 22.0. The second-order valence-electron chi connectivity index (χ2n) is 9.55. The van der Waals surface area contributed by atoms with Crippen molar-refractivity contribution in [2.75, 3.05) is 0 Å². The Labute approximate surface area is 215 Å². The average molecular weight is 465 g/mol. The molecule has 2 rings (SSSR count). The molecule has 0 aromatic carbocycles. The normalized spacial score (nSPS) is 18.2. The van der Waals surface area contributed by atoms with E-state index in [2.05, 4.69) is 83.0 Å². The molecule has 0 fully saturated rings. The number of rotatable bonds is 2. The van der Waals surface area contributed by atoms with E-state index in [9.17, 15) is 9.59 Å². The van der Waals surface area contributed by atoms with Gasteiger partial charge in [0.25, 0.3) is 0 Å². The molecule has 1 heterocycles. The van der Waals surface area contributed by atoms with Crippen LogP contribution in [0.2, 0.25) is 0 Å². The third-order valence-corrected chi connectivity index (χ3v) is 5.50. The molecule has 3 nitrogen and oxygen atoms in total. The molecule has 34 heavy (non-hydrogen) atoms. The third-order valence-electron chi connectivity index (χ3n) is 5.50. The predicted molar refractivity (Wildman–Crippen MR) is 152 cm³/mol. The van der Waals surface area contributed by atoms with Crippen LogP contribution in [-0.4, -0.2) is 40.4 Å². The smallest absolute Gasteiger partial charge is 0.334 e. The Morgan fingerprint density at radius 2 is 1.44 bits per heavy atom. The van der Waals surface area contributed by atoms with Crippen LogP contribution in [0.3, 0.4) is 0 Å². The second-order valence-corrected chi connectivity index (χ2v) is 9.55. The fourth-order valence-electron chi connectivity index (χ4n) is 2.44. The Hall–Kier alpha value is -1.71. The molecule has 5 radical (unpaired) electrons. The van der Waals surface area contributed by atoms with E-state index >= 15 is 0 Å². The first-order valence-corrected chi connectivity index (χ1v) is 12.2. The van der Waals surface area contributed by atoms with Crippen molar-refractivity contribution in [2.45, 2.75) is 109 Å². The number of cyclic esters (lactones) is 1. The molecule has 0 amide bonds. The molecule has 187 valence electrons. The number of esters is 1. The maximum Gasteiger partial charge on any atom is 0.334 e. The third kappa shape index (κ3) is 17.7. The number of allylic oxidation sites excluding steroid dienone is 6. The summed E-state index contributed by atoms with van der Waals surface area (Å²) >= 11 is 0. The molecule has 2 unspecified atom stereocenters. The molecule has 0 saturated heterocycles. The largest absolute Gasteiger partial charge is 0.455 e. The van der Waals surface area contributed by atoms with E-state index in [1.165, 1.54) is 23.1 Å². The monoisotopic (exact) mass is 465 g/mol. The van der Waals surface area contributed by atoms with Gasteiger partial charge in [-0.2, -0.15) is 0 Å². The minimum Gasteiger partial charge on any atom is -0.455 e. The lowest BCUT2D eigenvalue weighted by atomic mass is 9.40. The molecule has 6 heteroatoms. The van der Waals surface area contributed by atoms with Crippen molar-refractivity contribution in [1.29, 1.82) is 0 Å². The number of carbonyl (C=O) groups excluding carboxylic acids is 2. The summed E-state index contributed by atoms with van der Waals surface area (Å²) < 4.78 is 4.87. The molecule has 2 atom stereocenters. The van der Waals surface area contributed by atoms with Crippen molar-refractivity contribution in [1.82, 2.24) is 0 Å². The van der Waals surface area contributed by atoms with Gasteiger partial charge in [0.05, 0.1) is 0 Å². The second kappa shape index (κ2) is 20.6. The van der Waals surface area contributed by atoms with Crippen LogP contribution in [0.25, 0.3) is 0 Å². The van der Waals surface area contributed by atoms with E-state index < -0.39 is 0 Å². The van der Waals surface area contributed by atoms with Crippen molar-refractivity contribution in [3.05, 3.63) is 45.6 Å². The summed E-state index contributed by atoms with van der Waals surface area (Å²) in [7, 11) is 10.0. The van der Waals surface area contributed by atoms with Gasteiger partial charge in [0.1, 0.15) is 6.10 Å². The summed E-state index contributed by atoms with van der Waals surface area (Å²) in [5.41, 5.74) is 6.67. The van der Waals surface area contributed by atoms with Gasteiger partial charge in [-0.1, -0.05) is 57.4 Å². The zero-order chi connectivity index (χ0) is 27.6. The van der Waals surface area contributed by atoms with E-state index in [0.29, 0.717) is 18.1 Å². The van der Waals surface area contributed by atoms with Gasteiger partial charge < -0.3 is 4.74 Å². The average Bonchev–Trinajstić information content (AvgIpc) is 3.12. The Kier molecular flexibility index (Phi) is 22.4. The van der Waals surface area contributed by atoms with Crippen molar-refractivity contribution < 1.29 is 14.3 Å². The van der Waals surface area contributed by atoms with Crippen LogP contribution in [0.1, 0.15) is 103 Å². The zero-order valence-electron chi connectivity index (χ0n) is 24.3. The van der Waals surface area contributed by atoms with Crippen molar-refractivity contribution in [3.8, 4) is 0 Å². The van der Waals surface area contributed by atoms with Gasteiger partial charge in [-0.3, -0.25) is 4.79 Å². The molecule has 0 N–H and O–H groups in total. The van der Waals surface area contributed by atoms with Crippen LogP contribution in [-0.2, 0) is 14.3 Å². The van der Waals surface area contributed by atoms with Crippen LogP contribution in [0.4, 0.5) is 0 Å². The van der Waals surface area contributed by atoms with Gasteiger partial charge in [0.15, 0.2) is 5.78 Å². The highest BCUT2D eigenvalue weighted by Crippen LogP contribution is 2.30. The maximum atomic E-state index is 11.3. The standard InChI is InChI=1S/C11H16O.C7H10O2.C5H12.C5H10.B3/c1-7(2)5-10-8(3)6-11(12)9(10)4;1-4-5(2)7(8)9-6(4)3;2*1-4-5(2)3;1-3-2/h5,8H,6H2,1-4H3;6H,1-3H3;5H,4H2,1-3H3;4H,1-3H3;. The van der Waals surface area contributed by atoms with Gasteiger partial charge in [0, 0.05) is 34.5 Å². The summed E-state index contributed by atoms with van der Waals surface area (Å²) in [6, 6.07) is 0. The first-order chi connectivity index (χ1) is 15.6. The SMILES string of the molecule is CC(C)=CC1=C(C)C(=O)CC1C.CC1=C(C)C(C)OC1=O.CC=C(C)C.CCC(C)C.[B][B][B]. The molecule has 1 aliphatic heterocycles. The van der Waals surface area contributed by atoms with E-state index in [4.69, 9.17) is 4.74 Å². The Morgan fingerprint density at radius 1 is 1.03 bits per heavy atom. The number of Topliss-reactive ketones (excluding diaryl/α,β-unsaturated/α-hetero) is 1. The number of carbonyl (C=O) groups is 2. The predicted octanol–water partition coefficient (Wildman–Crippen LogP) is 7.03. The summed E-state index contributed by atoms with van der Waals surface area (Å²) in [5.74, 6) is 1.46. The molecule has 2 aliphatic rings. The minimum atomic E-state index is -0.167. The molecule has 0 aromatic rings. The lowest BCUT2D eigenvalue weighted by molar-refractivity contribution is -0.139. The quantitative estimate of drug-likeness (QED) is 0.250. The van der Waals surface area contributed by atoms with Gasteiger partial charge in [-0.15, -0.1) is 0 Å². The zero-order valence-corrected chi connectivity index (χ0v) is 24.3. The molecular weight excluding hydrogens is 417 g/mol. The summed E-state index contributed by atoms with van der Waals surface area (Å²) in [5, 5.41) is 0. The first kappa shape index (κ1) is 36.9. The van der Waals surface area contributed by atoms with Crippen molar-refractivity contribution in [2.24, 2.45) is 11.8 Å². The highest BCUT2D eigenvalue weighted by atomic mass is 16.5. The first-order valence-electron chi connectivity index (χ1n) is 12.2. The number of ether oxygens (including phenoxy) is 1. The highest BCUT2D eigenvalue weighted by Gasteiger charge is 2.24. The number of hydrogen-bond acceptors (Lipinski definition) is 3. The Morgan fingerprint density at radius 3 is 1.59 bits per heavy atom. The van der Waals surface area contributed by atoms with Gasteiger partial charge in [0.2, 0.25) is 0 Å². The Balaban J connectivity index is -0.000000386. The van der Waals surface area contributed by atoms with Gasteiger partial charge in [-0.25, -0.2) is 4.79 Å². The lowest BCUT2D eigenvalue weighted by Gasteiger charge is -2.03. The maximum absolute atomic E-state index is 11.3. The number of hydrogen-bond donors (Lipinski definition) is 0.